The van der Waals surface area contributed by atoms with Gasteiger partial charge in [0.05, 0.1) is 34.8 Å². The summed E-state index contributed by atoms with van der Waals surface area (Å²) < 4.78 is 14.0. The standard InChI is InChI=1S/C27H21FN6O/c1-34(2)19-6-17(11-29-12-19)15-3-4-24-22(8-15)27(33-32-24)25-10-21-23(13-30-14-26(21)31-25)16-5-18(28)9-20(35)7-16/h3-14,31,35H,1-2H3,(H,32,33). The largest absolute Gasteiger partial charge is 0.508 e. The number of halogens is 1. The summed E-state index contributed by atoms with van der Waals surface area (Å²) in [5.74, 6) is -0.641. The van der Waals surface area contributed by atoms with Crippen LogP contribution < -0.4 is 4.90 Å². The molecule has 0 saturated carbocycles. The molecule has 4 aromatic heterocycles. The Bertz CT molecular complexity index is 1700. The van der Waals surface area contributed by atoms with Crippen LogP contribution in [-0.2, 0) is 0 Å². The molecule has 0 spiro atoms. The van der Waals surface area contributed by atoms with Crippen LogP contribution in [0.3, 0.4) is 0 Å². The summed E-state index contributed by atoms with van der Waals surface area (Å²) in [5, 5.41) is 19.4. The average molecular weight is 465 g/mol. The van der Waals surface area contributed by atoms with Crippen LogP contribution in [-0.4, -0.2) is 44.4 Å². The quantitative estimate of drug-likeness (QED) is 0.309. The number of phenols is 1. The summed E-state index contributed by atoms with van der Waals surface area (Å²) in [6.45, 7) is 0. The van der Waals surface area contributed by atoms with E-state index in [0.29, 0.717) is 11.1 Å². The van der Waals surface area contributed by atoms with Crippen molar-refractivity contribution in [2.75, 3.05) is 19.0 Å². The van der Waals surface area contributed by atoms with E-state index in [1.807, 2.05) is 49.6 Å². The lowest BCUT2D eigenvalue weighted by Gasteiger charge is -2.13. The van der Waals surface area contributed by atoms with E-state index in [1.165, 1.54) is 12.1 Å². The first-order valence-electron chi connectivity index (χ1n) is 11.0. The van der Waals surface area contributed by atoms with Crippen LogP contribution in [0.4, 0.5) is 10.1 Å². The summed E-state index contributed by atoms with van der Waals surface area (Å²) in [6, 6.07) is 14.2. The first-order valence-corrected chi connectivity index (χ1v) is 11.0. The van der Waals surface area contributed by atoms with Gasteiger partial charge in [0.15, 0.2) is 0 Å². The molecule has 0 aliphatic heterocycles. The highest BCUT2D eigenvalue weighted by Crippen LogP contribution is 2.36. The molecule has 0 saturated heterocycles. The Morgan fingerprint density at radius 1 is 0.800 bits per heavy atom. The van der Waals surface area contributed by atoms with Crippen molar-refractivity contribution in [1.29, 1.82) is 0 Å². The molecule has 4 heterocycles. The molecule has 0 aliphatic rings. The Hall–Kier alpha value is -4.72. The molecule has 8 heteroatoms. The number of aromatic nitrogens is 5. The van der Waals surface area contributed by atoms with Gasteiger partial charge >= 0.3 is 0 Å². The lowest BCUT2D eigenvalue weighted by atomic mass is 10.0. The SMILES string of the molecule is CN(C)c1cncc(-c2ccc3[nH]nc(-c4cc5c(-c6cc(O)cc(F)c6)cncc5[nH]4)c3c2)c1. The fourth-order valence-electron chi connectivity index (χ4n) is 4.37. The van der Waals surface area contributed by atoms with E-state index in [0.717, 1.165) is 56.1 Å². The molecule has 2 aromatic carbocycles. The normalized spacial score (nSPS) is 11.4. The molecule has 6 aromatic rings. The van der Waals surface area contributed by atoms with Crippen LogP contribution >= 0.6 is 0 Å². The van der Waals surface area contributed by atoms with Gasteiger partial charge in [-0.25, -0.2) is 4.39 Å². The minimum atomic E-state index is -0.508. The number of aromatic hydroxyl groups is 1. The number of hydrogen-bond donors (Lipinski definition) is 3. The van der Waals surface area contributed by atoms with Gasteiger partial charge in [-0.2, -0.15) is 5.10 Å². The topological polar surface area (TPSA) is 93.7 Å². The number of rotatable bonds is 4. The van der Waals surface area contributed by atoms with Gasteiger partial charge in [-0.3, -0.25) is 15.1 Å². The van der Waals surface area contributed by atoms with Gasteiger partial charge in [-0.05, 0) is 47.5 Å². The number of phenolic OH excluding ortho intramolecular Hbond substituents is 1. The zero-order chi connectivity index (χ0) is 24.1. The van der Waals surface area contributed by atoms with E-state index in [2.05, 4.69) is 37.3 Å². The Morgan fingerprint density at radius 2 is 1.66 bits per heavy atom. The molecule has 172 valence electrons. The maximum atomic E-state index is 14.0. The van der Waals surface area contributed by atoms with E-state index < -0.39 is 5.82 Å². The molecular formula is C27H21FN6O. The van der Waals surface area contributed by atoms with Crippen LogP contribution in [0.2, 0.25) is 0 Å². The number of nitrogens with zero attached hydrogens (tertiary/aromatic N) is 4. The summed E-state index contributed by atoms with van der Waals surface area (Å²) >= 11 is 0. The molecule has 0 bridgehead atoms. The van der Waals surface area contributed by atoms with E-state index in [9.17, 15) is 9.50 Å². The van der Waals surface area contributed by atoms with Gasteiger partial charge < -0.3 is 15.0 Å². The fraction of sp³-hybridized carbons (Fsp3) is 0.0741. The molecule has 0 radical (unpaired) electrons. The number of anilines is 1. The van der Waals surface area contributed by atoms with Crippen LogP contribution in [0.1, 0.15) is 0 Å². The second-order valence-corrected chi connectivity index (χ2v) is 8.69. The maximum absolute atomic E-state index is 14.0. The lowest BCUT2D eigenvalue weighted by Crippen LogP contribution is -2.08. The summed E-state index contributed by atoms with van der Waals surface area (Å²) in [5.41, 5.74) is 7.60. The molecule has 7 nitrogen and oxygen atoms in total. The van der Waals surface area contributed by atoms with Gasteiger partial charge in [0.1, 0.15) is 17.3 Å². The highest BCUT2D eigenvalue weighted by Gasteiger charge is 2.15. The highest BCUT2D eigenvalue weighted by molar-refractivity contribution is 6.01. The molecule has 0 fully saturated rings. The number of nitrogens with one attached hydrogen (secondary N) is 2. The van der Waals surface area contributed by atoms with Crippen molar-refractivity contribution in [2.45, 2.75) is 0 Å². The molecule has 0 aliphatic carbocycles. The van der Waals surface area contributed by atoms with Crippen molar-refractivity contribution in [3.05, 3.63) is 79.1 Å². The van der Waals surface area contributed by atoms with Gasteiger partial charge in [-0.15, -0.1) is 0 Å². The van der Waals surface area contributed by atoms with Gasteiger partial charge in [0.2, 0.25) is 0 Å². The molecule has 0 amide bonds. The van der Waals surface area contributed by atoms with Crippen LogP contribution in [0, 0.1) is 5.82 Å². The third-order valence-electron chi connectivity index (χ3n) is 6.13. The van der Waals surface area contributed by atoms with E-state index in [-0.39, 0.29) is 5.75 Å². The first-order chi connectivity index (χ1) is 17.0. The predicted octanol–water partition coefficient (Wildman–Crippen LogP) is 5.75. The molecule has 35 heavy (non-hydrogen) atoms. The summed E-state index contributed by atoms with van der Waals surface area (Å²) in [4.78, 5) is 14.1. The third kappa shape index (κ3) is 3.65. The van der Waals surface area contributed by atoms with E-state index in [4.69, 9.17) is 0 Å². The Morgan fingerprint density at radius 3 is 2.49 bits per heavy atom. The van der Waals surface area contributed by atoms with Crippen molar-refractivity contribution < 1.29 is 9.50 Å². The number of fused-ring (bicyclic) bond motifs is 2. The number of aromatic amines is 2. The zero-order valence-electron chi connectivity index (χ0n) is 19.0. The van der Waals surface area contributed by atoms with Gasteiger partial charge in [0.25, 0.3) is 0 Å². The highest BCUT2D eigenvalue weighted by atomic mass is 19.1. The summed E-state index contributed by atoms with van der Waals surface area (Å²) in [6.07, 6.45) is 7.07. The second kappa shape index (κ2) is 7.95. The minimum absolute atomic E-state index is 0.133. The van der Waals surface area contributed by atoms with Crippen LogP contribution in [0.5, 0.6) is 5.75 Å². The predicted molar refractivity (Wildman–Crippen MR) is 136 cm³/mol. The number of benzene rings is 2. The zero-order valence-corrected chi connectivity index (χ0v) is 19.0. The lowest BCUT2D eigenvalue weighted by molar-refractivity contribution is 0.469. The third-order valence-corrected chi connectivity index (χ3v) is 6.13. The fourth-order valence-corrected chi connectivity index (χ4v) is 4.37. The minimum Gasteiger partial charge on any atom is -0.508 e. The Kier molecular flexibility index (Phi) is 4.74. The number of hydrogen-bond acceptors (Lipinski definition) is 5. The van der Waals surface area contributed by atoms with Crippen LogP contribution in [0.25, 0.3) is 55.4 Å². The Balaban J connectivity index is 1.48. The summed E-state index contributed by atoms with van der Waals surface area (Å²) in [7, 11) is 3.98. The van der Waals surface area contributed by atoms with Crippen molar-refractivity contribution in [1.82, 2.24) is 25.1 Å². The second-order valence-electron chi connectivity index (χ2n) is 8.69. The van der Waals surface area contributed by atoms with E-state index >= 15 is 0 Å². The average Bonchev–Trinajstić information content (AvgIpc) is 3.47. The molecular weight excluding hydrogens is 443 g/mol. The first kappa shape index (κ1) is 20.9. The van der Waals surface area contributed by atoms with Crippen molar-refractivity contribution in [3.8, 4) is 39.4 Å². The van der Waals surface area contributed by atoms with Crippen molar-refractivity contribution in [2.24, 2.45) is 0 Å². The smallest absolute Gasteiger partial charge is 0.127 e. The Labute approximate surface area is 199 Å². The monoisotopic (exact) mass is 464 g/mol. The van der Waals surface area contributed by atoms with E-state index in [1.54, 1.807) is 12.4 Å². The van der Waals surface area contributed by atoms with Gasteiger partial charge in [0, 0.05) is 54.5 Å². The number of H-pyrrole nitrogens is 2. The van der Waals surface area contributed by atoms with Crippen LogP contribution in [0.15, 0.2) is 73.3 Å². The van der Waals surface area contributed by atoms with Crippen molar-refractivity contribution >= 4 is 27.5 Å². The maximum Gasteiger partial charge on any atom is 0.127 e. The van der Waals surface area contributed by atoms with Crippen molar-refractivity contribution in [3.63, 3.8) is 0 Å². The van der Waals surface area contributed by atoms with Gasteiger partial charge in [-0.1, -0.05) is 6.07 Å². The molecule has 0 unspecified atom stereocenters. The number of pyridine rings is 2. The molecule has 3 N–H and O–H groups in total. The molecule has 0 atom stereocenters. The molecule has 6 rings (SSSR count).